The maximum atomic E-state index is 8.60. The largest absolute Gasteiger partial charge is 0.491 e. The van der Waals surface area contributed by atoms with E-state index < -0.39 is 0 Å². The van der Waals surface area contributed by atoms with Crippen LogP contribution < -0.4 is 14.2 Å². The number of aliphatic hydroxyl groups is 1. The van der Waals surface area contributed by atoms with Crippen molar-refractivity contribution in [3.05, 3.63) is 54.6 Å². The van der Waals surface area contributed by atoms with E-state index >= 15 is 0 Å². The van der Waals surface area contributed by atoms with Gasteiger partial charge in [0.2, 0.25) is 0 Å². The number of hydrogen-bond donors (Lipinski definition) is 1. The Morgan fingerprint density at radius 1 is 0.500 bits per heavy atom. The lowest BCUT2D eigenvalue weighted by molar-refractivity contribution is 0.0704. The van der Waals surface area contributed by atoms with Crippen LogP contribution in [0, 0.1) is 0 Å². The van der Waals surface area contributed by atoms with Crippen LogP contribution in [0.5, 0.6) is 17.2 Å². The number of para-hydroxylation sites is 1. The SMILES string of the molecule is OCCOCCOc1ccc(OCCOCCOc2ccccc2)cc1. The molecule has 0 saturated heterocycles. The molecule has 0 atom stereocenters. The molecule has 26 heavy (non-hydrogen) atoms. The monoisotopic (exact) mass is 362 g/mol. The molecule has 0 aliphatic carbocycles. The zero-order valence-corrected chi connectivity index (χ0v) is 14.8. The van der Waals surface area contributed by atoms with Gasteiger partial charge in [-0.05, 0) is 36.4 Å². The third-order valence-corrected chi connectivity index (χ3v) is 3.29. The summed E-state index contributed by atoms with van der Waals surface area (Å²) < 4.78 is 27.3. The van der Waals surface area contributed by atoms with Gasteiger partial charge in [-0.3, -0.25) is 0 Å². The standard InChI is InChI=1S/C20H26O6/c21-10-11-22-12-15-25-19-6-8-20(9-7-19)26-17-14-23-13-16-24-18-4-2-1-3-5-18/h1-9,21H,10-17H2. The first-order chi connectivity index (χ1) is 12.9. The minimum atomic E-state index is 0.0236. The van der Waals surface area contributed by atoms with E-state index in [0.29, 0.717) is 46.2 Å². The van der Waals surface area contributed by atoms with Gasteiger partial charge < -0.3 is 28.8 Å². The van der Waals surface area contributed by atoms with Crippen molar-refractivity contribution in [1.82, 2.24) is 0 Å². The summed E-state index contributed by atoms with van der Waals surface area (Å²) in [4.78, 5) is 0. The maximum absolute atomic E-state index is 8.60. The van der Waals surface area contributed by atoms with Crippen molar-refractivity contribution in [3.8, 4) is 17.2 Å². The first kappa shape index (κ1) is 20.0. The van der Waals surface area contributed by atoms with Gasteiger partial charge in [-0.1, -0.05) is 18.2 Å². The van der Waals surface area contributed by atoms with Crippen molar-refractivity contribution < 1.29 is 28.8 Å². The van der Waals surface area contributed by atoms with Gasteiger partial charge in [0.05, 0.1) is 33.0 Å². The molecular formula is C20H26O6. The molecule has 0 aliphatic rings. The average Bonchev–Trinajstić information content (AvgIpc) is 2.69. The molecule has 6 heteroatoms. The van der Waals surface area contributed by atoms with Gasteiger partial charge in [-0.15, -0.1) is 0 Å². The van der Waals surface area contributed by atoms with E-state index in [0.717, 1.165) is 17.2 Å². The Labute approximate surface area is 154 Å². The highest BCUT2D eigenvalue weighted by Crippen LogP contribution is 2.17. The molecule has 0 amide bonds. The molecule has 0 heterocycles. The second-order valence-electron chi connectivity index (χ2n) is 5.28. The normalized spacial score (nSPS) is 10.5. The van der Waals surface area contributed by atoms with Crippen LogP contribution in [0.1, 0.15) is 0 Å². The average molecular weight is 362 g/mol. The summed E-state index contributed by atoms with van der Waals surface area (Å²) in [5.74, 6) is 2.35. The fourth-order valence-corrected chi connectivity index (χ4v) is 2.07. The highest BCUT2D eigenvalue weighted by atomic mass is 16.5. The molecule has 0 radical (unpaired) electrons. The summed E-state index contributed by atoms with van der Waals surface area (Å²) in [6, 6.07) is 17.0. The third kappa shape index (κ3) is 8.71. The fraction of sp³-hybridized carbons (Fsp3) is 0.400. The van der Waals surface area contributed by atoms with E-state index in [1.807, 2.05) is 54.6 Å². The zero-order chi connectivity index (χ0) is 18.3. The molecule has 1 N–H and O–H groups in total. The van der Waals surface area contributed by atoms with Crippen molar-refractivity contribution in [2.24, 2.45) is 0 Å². The van der Waals surface area contributed by atoms with Gasteiger partial charge in [-0.25, -0.2) is 0 Å². The van der Waals surface area contributed by atoms with Gasteiger partial charge in [0.15, 0.2) is 0 Å². The van der Waals surface area contributed by atoms with Crippen LogP contribution >= 0.6 is 0 Å². The topological polar surface area (TPSA) is 66.4 Å². The molecule has 142 valence electrons. The molecule has 0 bridgehead atoms. The van der Waals surface area contributed by atoms with Gasteiger partial charge in [0, 0.05) is 0 Å². The quantitative estimate of drug-likeness (QED) is 0.521. The molecule has 0 spiro atoms. The lowest BCUT2D eigenvalue weighted by atomic mass is 10.3. The van der Waals surface area contributed by atoms with Crippen LogP contribution in [0.2, 0.25) is 0 Å². The highest BCUT2D eigenvalue weighted by molar-refractivity contribution is 5.31. The van der Waals surface area contributed by atoms with E-state index in [-0.39, 0.29) is 6.61 Å². The Morgan fingerprint density at radius 2 is 0.923 bits per heavy atom. The van der Waals surface area contributed by atoms with Crippen LogP contribution in [-0.2, 0) is 9.47 Å². The van der Waals surface area contributed by atoms with Gasteiger partial charge >= 0.3 is 0 Å². The van der Waals surface area contributed by atoms with Crippen molar-refractivity contribution in [1.29, 1.82) is 0 Å². The van der Waals surface area contributed by atoms with Crippen LogP contribution in [0.15, 0.2) is 54.6 Å². The number of rotatable bonds is 14. The van der Waals surface area contributed by atoms with Crippen molar-refractivity contribution in [2.45, 2.75) is 0 Å². The third-order valence-electron chi connectivity index (χ3n) is 3.29. The number of ether oxygens (including phenoxy) is 5. The zero-order valence-electron chi connectivity index (χ0n) is 14.8. The predicted molar refractivity (Wildman–Crippen MR) is 98.1 cm³/mol. The lowest BCUT2D eigenvalue weighted by Gasteiger charge is -2.10. The van der Waals surface area contributed by atoms with Crippen LogP contribution in [0.25, 0.3) is 0 Å². The van der Waals surface area contributed by atoms with E-state index in [2.05, 4.69) is 0 Å². The van der Waals surface area contributed by atoms with E-state index in [1.165, 1.54) is 0 Å². The minimum absolute atomic E-state index is 0.0236. The number of hydrogen-bond acceptors (Lipinski definition) is 6. The highest BCUT2D eigenvalue weighted by Gasteiger charge is 1.98. The summed E-state index contributed by atoms with van der Waals surface area (Å²) >= 11 is 0. The molecule has 0 unspecified atom stereocenters. The first-order valence-electron chi connectivity index (χ1n) is 8.68. The lowest BCUT2D eigenvalue weighted by Crippen LogP contribution is -2.12. The number of aliphatic hydroxyl groups excluding tert-OH is 1. The Morgan fingerprint density at radius 3 is 1.38 bits per heavy atom. The fourth-order valence-electron chi connectivity index (χ4n) is 2.07. The number of benzene rings is 2. The Hall–Kier alpha value is -2.28. The first-order valence-corrected chi connectivity index (χ1v) is 8.68. The molecule has 0 saturated carbocycles. The van der Waals surface area contributed by atoms with Crippen LogP contribution in [0.4, 0.5) is 0 Å². The van der Waals surface area contributed by atoms with E-state index in [1.54, 1.807) is 0 Å². The van der Waals surface area contributed by atoms with Gasteiger partial charge in [0.1, 0.15) is 37.1 Å². The second kappa shape index (κ2) is 13.0. The molecule has 0 aliphatic heterocycles. The Bertz CT molecular complexity index is 573. The Kier molecular flexibility index (Phi) is 10.0. The molecule has 0 aromatic heterocycles. The summed E-state index contributed by atoms with van der Waals surface area (Å²) in [6.07, 6.45) is 0. The van der Waals surface area contributed by atoms with Crippen LogP contribution in [0.3, 0.4) is 0 Å². The van der Waals surface area contributed by atoms with Gasteiger partial charge in [0.25, 0.3) is 0 Å². The van der Waals surface area contributed by atoms with Crippen molar-refractivity contribution in [3.63, 3.8) is 0 Å². The maximum Gasteiger partial charge on any atom is 0.119 e. The predicted octanol–water partition coefficient (Wildman–Crippen LogP) is 2.55. The summed E-state index contributed by atoms with van der Waals surface area (Å²) in [7, 11) is 0. The van der Waals surface area contributed by atoms with Crippen LogP contribution in [-0.4, -0.2) is 58.0 Å². The molecule has 2 rings (SSSR count). The van der Waals surface area contributed by atoms with Crippen molar-refractivity contribution in [2.75, 3.05) is 52.9 Å². The molecular weight excluding hydrogens is 336 g/mol. The molecule has 2 aromatic rings. The van der Waals surface area contributed by atoms with Gasteiger partial charge in [-0.2, -0.15) is 0 Å². The summed E-state index contributed by atoms with van der Waals surface area (Å²) in [5.41, 5.74) is 0. The summed E-state index contributed by atoms with van der Waals surface area (Å²) in [5, 5.41) is 8.60. The second-order valence-corrected chi connectivity index (χ2v) is 5.28. The van der Waals surface area contributed by atoms with E-state index in [4.69, 9.17) is 28.8 Å². The molecule has 2 aromatic carbocycles. The smallest absolute Gasteiger partial charge is 0.119 e. The summed E-state index contributed by atoms with van der Waals surface area (Å²) in [6.45, 7) is 3.25. The Balaban J connectivity index is 1.49. The van der Waals surface area contributed by atoms with E-state index in [9.17, 15) is 0 Å². The minimum Gasteiger partial charge on any atom is -0.491 e. The molecule has 6 nitrogen and oxygen atoms in total. The molecule has 0 fully saturated rings. The van der Waals surface area contributed by atoms with Crippen molar-refractivity contribution >= 4 is 0 Å².